The zero-order valence-corrected chi connectivity index (χ0v) is 16.7. The van der Waals surface area contributed by atoms with Crippen molar-refractivity contribution in [3.8, 4) is 0 Å². The molecule has 26 heavy (non-hydrogen) atoms. The molecule has 0 aromatic heterocycles. The fourth-order valence-corrected chi connectivity index (χ4v) is 2.88. The minimum atomic E-state index is -3.31. The lowest BCUT2D eigenvalue weighted by Gasteiger charge is -2.23. The second-order valence-electron chi connectivity index (χ2n) is 7.09. The number of urea groups is 1. The molecule has 0 radical (unpaired) electrons. The van der Waals surface area contributed by atoms with E-state index >= 15 is 0 Å². The van der Waals surface area contributed by atoms with Crippen LogP contribution in [0.25, 0.3) is 0 Å². The topological polar surface area (TPSA) is 108 Å². The molecule has 0 unspecified atom stereocenters. The standard InChI is InChI=1S/C17H28N4O4S/c1-17(2,3)20-15(22)11-21(5)16(23)19-10-13-6-8-14(9-7-13)12-26(24,25)18-4/h6-9,18H,10-12H2,1-5H3,(H,19,23)(H,20,22). The maximum atomic E-state index is 12.1. The Kier molecular flexibility index (Phi) is 7.58. The van der Waals surface area contributed by atoms with E-state index in [9.17, 15) is 18.0 Å². The van der Waals surface area contributed by atoms with Crippen LogP contribution in [0.2, 0.25) is 0 Å². The lowest BCUT2D eigenvalue weighted by Crippen LogP contribution is -2.48. The van der Waals surface area contributed by atoms with Gasteiger partial charge in [0.25, 0.3) is 0 Å². The Labute approximate surface area is 155 Å². The van der Waals surface area contributed by atoms with Crippen molar-refractivity contribution in [1.29, 1.82) is 0 Å². The van der Waals surface area contributed by atoms with E-state index in [0.29, 0.717) is 5.56 Å². The first-order valence-corrected chi connectivity index (χ1v) is 9.86. The molecule has 0 aliphatic rings. The molecule has 1 aromatic carbocycles. The number of hydrogen-bond acceptors (Lipinski definition) is 4. The van der Waals surface area contributed by atoms with Crippen molar-refractivity contribution in [2.24, 2.45) is 0 Å². The van der Waals surface area contributed by atoms with Crippen LogP contribution >= 0.6 is 0 Å². The number of benzene rings is 1. The van der Waals surface area contributed by atoms with Crippen LogP contribution in [0.4, 0.5) is 4.79 Å². The van der Waals surface area contributed by atoms with Crippen LogP contribution in [-0.2, 0) is 27.1 Å². The molecule has 0 saturated carbocycles. The summed E-state index contributed by atoms with van der Waals surface area (Å²) in [6.07, 6.45) is 0. The van der Waals surface area contributed by atoms with Gasteiger partial charge in [-0.05, 0) is 38.9 Å². The van der Waals surface area contributed by atoms with Gasteiger partial charge in [0.2, 0.25) is 15.9 Å². The molecule has 0 aliphatic heterocycles. The van der Waals surface area contributed by atoms with Gasteiger partial charge in [-0.25, -0.2) is 17.9 Å². The number of hydrogen-bond donors (Lipinski definition) is 3. The van der Waals surface area contributed by atoms with Crippen LogP contribution < -0.4 is 15.4 Å². The first-order valence-electron chi connectivity index (χ1n) is 8.21. The van der Waals surface area contributed by atoms with Gasteiger partial charge in [-0.3, -0.25) is 4.79 Å². The fraction of sp³-hybridized carbons (Fsp3) is 0.529. The van der Waals surface area contributed by atoms with Gasteiger partial charge in [0.05, 0.1) is 5.75 Å². The minimum Gasteiger partial charge on any atom is -0.350 e. The summed E-state index contributed by atoms with van der Waals surface area (Å²) in [4.78, 5) is 25.2. The maximum Gasteiger partial charge on any atom is 0.317 e. The van der Waals surface area contributed by atoms with Crippen LogP contribution in [-0.4, -0.2) is 51.4 Å². The summed E-state index contributed by atoms with van der Waals surface area (Å²) in [5.74, 6) is -0.327. The van der Waals surface area contributed by atoms with Crippen LogP contribution in [0.15, 0.2) is 24.3 Å². The van der Waals surface area contributed by atoms with Gasteiger partial charge in [0.1, 0.15) is 6.54 Å². The van der Waals surface area contributed by atoms with Crippen molar-refractivity contribution < 1.29 is 18.0 Å². The van der Waals surface area contributed by atoms with Gasteiger partial charge >= 0.3 is 6.03 Å². The molecule has 8 nitrogen and oxygen atoms in total. The molecule has 0 aliphatic carbocycles. The first kappa shape index (κ1) is 21.9. The number of nitrogens with one attached hydrogen (secondary N) is 3. The predicted octanol–water partition coefficient (Wildman–Crippen LogP) is 0.792. The van der Waals surface area contributed by atoms with Crippen molar-refractivity contribution in [2.45, 2.75) is 38.6 Å². The Bertz CT molecular complexity index is 724. The molecule has 0 atom stereocenters. The maximum absolute atomic E-state index is 12.1. The largest absolute Gasteiger partial charge is 0.350 e. The highest BCUT2D eigenvalue weighted by molar-refractivity contribution is 7.88. The van der Waals surface area contributed by atoms with E-state index in [-0.39, 0.29) is 36.3 Å². The second kappa shape index (κ2) is 9.00. The lowest BCUT2D eigenvalue weighted by molar-refractivity contribution is -0.122. The number of carbonyl (C=O) groups excluding carboxylic acids is 2. The van der Waals surface area contributed by atoms with Gasteiger partial charge in [-0.15, -0.1) is 0 Å². The van der Waals surface area contributed by atoms with Crippen molar-refractivity contribution in [3.63, 3.8) is 0 Å². The zero-order valence-electron chi connectivity index (χ0n) is 15.9. The third-order valence-electron chi connectivity index (χ3n) is 3.38. The molecule has 1 rings (SSSR count). The molecule has 9 heteroatoms. The zero-order chi connectivity index (χ0) is 20.0. The number of amides is 3. The van der Waals surface area contributed by atoms with Crippen molar-refractivity contribution in [3.05, 3.63) is 35.4 Å². The highest BCUT2D eigenvalue weighted by Gasteiger charge is 2.17. The monoisotopic (exact) mass is 384 g/mol. The van der Waals surface area contributed by atoms with Crippen LogP contribution in [0, 0.1) is 0 Å². The molecule has 0 bridgehead atoms. The van der Waals surface area contributed by atoms with E-state index in [0.717, 1.165) is 5.56 Å². The van der Waals surface area contributed by atoms with E-state index < -0.39 is 10.0 Å². The highest BCUT2D eigenvalue weighted by atomic mass is 32.2. The Morgan fingerprint density at radius 1 is 1.08 bits per heavy atom. The smallest absolute Gasteiger partial charge is 0.317 e. The van der Waals surface area contributed by atoms with Crippen molar-refractivity contribution in [2.75, 3.05) is 20.6 Å². The first-order chi connectivity index (χ1) is 11.9. The van der Waals surface area contributed by atoms with Crippen molar-refractivity contribution >= 4 is 22.0 Å². The Morgan fingerprint density at radius 2 is 1.62 bits per heavy atom. The SMILES string of the molecule is CNS(=O)(=O)Cc1ccc(CNC(=O)N(C)CC(=O)NC(C)(C)C)cc1. The fourth-order valence-electron chi connectivity index (χ4n) is 2.10. The summed E-state index contributed by atoms with van der Waals surface area (Å²) in [5.41, 5.74) is 1.14. The molecule has 146 valence electrons. The van der Waals surface area contributed by atoms with E-state index in [4.69, 9.17) is 0 Å². The average molecular weight is 385 g/mol. The normalized spacial score (nSPS) is 11.7. The Balaban J connectivity index is 2.50. The van der Waals surface area contributed by atoms with E-state index in [1.54, 1.807) is 31.3 Å². The number of carbonyl (C=O) groups is 2. The summed E-state index contributed by atoms with van der Waals surface area (Å²) in [5, 5.41) is 5.52. The van der Waals surface area contributed by atoms with E-state index in [2.05, 4.69) is 15.4 Å². The molecule has 0 fully saturated rings. The highest BCUT2D eigenvalue weighted by Crippen LogP contribution is 2.08. The minimum absolute atomic E-state index is 0.0378. The summed E-state index contributed by atoms with van der Waals surface area (Å²) >= 11 is 0. The average Bonchev–Trinajstić information content (AvgIpc) is 2.51. The third kappa shape index (κ3) is 8.30. The second-order valence-corrected chi connectivity index (χ2v) is 9.02. The summed E-state index contributed by atoms with van der Waals surface area (Å²) in [7, 11) is -0.394. The van der Waals surface area contributed by atoms with Gasteiger partial charge in [-0.1, -0.05) is 24.3 Å². The summed E-state index contributed by atoms with van der Waals surface area (Å²) < 4.78 is 25.3. The summed E-state index contributed by atoms with van der Waals surface area (Å²) in [6, 6.07) is 6.56. The summed E-state index contributed by atoms with van der Waals surface area (Å²) in [6.45, 7) is 5.86. The molecule has 0 heterocycles. The van der Waals surface area contributed by atoms with Crippen molar-refractivity contribution in [1.82, 2.24) is 20.3 Å². The number of nitrogens with zero attached hydrogens (tertiary/aromatic N) is 1. The Morgan fingerprint density at radius 3 is 2.12 bits per heavy atom. The third-order valence-corrected chi connectivity index (χ3v) is 4.71. The van der Waals surface area contributed by atoms with Crippen LogP contribution in [0.5, 0.6) is 0 Å². The van der Waals surface area contributed by atoms with Gasteiger partial charge in [0, 0.05) is 19.1 Å². The van der Waals surface area contributed by atoms with Gasteiger partial charge in [-0.2, -0.15) is 0 Å². The van der Waals surface area contributed by atoms with E-state index in [1.165, 1.54) is 11.9 Å². The molecule has 0 spiro atoms. The molecule has 3 N–H and O–H groups in total. The van der Waals surface area contributed by atoms with Crippen LogP contribution in [0.1, 0.15) is 31.9 Å². The number of sulfonamides is 1. The molecule has 0 saturated heterocycles. The quantitative estimate of drug-likeness (QED) is 0.646. The lowest BCUT2D eigenvalue weighted by atomic mass is 10.1. The number of likely N-dealkylation sites (N-methyl/N-ethyl adjacent to an activating group) is 1. The molecular formula is C17H28N4O4S. The van der Waals surface area contributed by atoms with Gasteiger partial charge < -0.3 is 15.5 Å². The number of rotatable bonds is 7. The Hall–Kier alpha value is -2.13. The van der Waals surface area contributed by atoms with Gasteiger partial charge in [0.15, 0.2) is 0 Å². The molecule has 3 amide bonds. The molecule has 1 aromatic rings. The van der Waals surface area contributed by atoms with E-state index in [1.807, 2.05) is 20.8 Å². The van der Waals surface area contributed by atoms with Crippen LogP contribution in [0.3, 0.4) is 0 Å². The molecular weight excluding hydrogens is 356 g/mol. The predicted molar refractivity (Wildman–Crippen MR) is 101 cm³/mol.